The van der Waals surface area contributed by atoms with E-state index in [4.69, 9.17) is 19.4 Å². The standard InChI is InChI=1S/C49H33N5O/c1-49(2)40-23-20-32(27-38(40)37-22-25-43-45(44(37)49)50-29-55-43)33-21-24-42-39(28-33)36-18-9-10-19-41(36)54(42)35-17-11-16-34(26-35)48-52-46(30-12-5-3-6-13-30)51-47(53-48)31-14-7-4-8-15-31/h3-29H,1-2H3. The minimum Gasteiger partial charge on any atom is -0.443 e. The Hall–Kier alpha value is -7.18. The van der Waals surface area contributed by atoms with E-state index in [-0.39, 0.29) is 5.41 Å². The van der Waals surface area contributed by atoms with Gasteiger partial charge in [-0.05, 0) is 75.8 Å². The second-order valence-electron chi connectivity index (χ2n) is 14.7. The fourth-order valence-electron chi connectivity index (χ4n) is 8.57. The average Bonchev–Trinajstić information content (AvgIpc) is 3.92. The number of nitrogens with zero attached hydrogens (tertiary/aromatic N) is 5. The van der Waals surface area contributed by atoms with Gasteiger partial charge in [-0.15, -0.1) is 0 Å². The zero-order valence-corrected chi connectivity index (χ0v) is 30.2. The van der Waals surface area contributed by atoms with Crippen LogP contribution in [0, 0.1) is 0 Å². The summed E-state index contributed by atoms with van der Waals surface area (Å²) < 4.78 is 8.04. The molecule has 0 bridgehead atoms. The normalized spacial score (nSPS) is 13.1. The highest BCUT2D eigenvalue weighted by atomic mass is 16.3. The van der Waals surface area contributed by atoms with E-state index < -0.39 is 0 Å². The van der Waals surface area contributed by atoms with Crippen molar-refractivity contribution >= 4 is 32.9 Å². The van der Waals surface area contributed by atoms with Crippen LogP contribution in [0.4, 0.5) is 0 Å². The molecular formula is C49H33N5O. The number of fused-ring (bicyclic) bond motifs is 8. The summed E-state index contributed by atoms with van der Waals surface area (Å²) in [5.74, 6) is 1.91. The largest absolute Gasteiger partial charge is 0.443 e. The van der Waals surface area contributed by atoms with E-state index in [1.807, 2.05) is 66.7 Å². The van der Waals surface area contributed by atoms with Gasteiger partial charge in [0.05, 0.1) is 11.0 Å². The number of aromatic nitrogens is 5. The van der Waals surface area contributed by atoms with Crippen LogP contribution in [0.5, 0.6) is 0 Å². The molecule has 260 valence electrons. The number of para-hydroxylation sites is 1. The van der Waals surface area contributed by atoms with Crippen LogP contribution in [0.3, 0.4) is 0 Å². The molecule has 55 heavy (non-hydrogen) atoms. The molecule has 3 aromatic heterocycles. The van der Waals surface area contributed by atoms with Crippen LogP contribution in [-0.2, 0) is 5.41 Å². The zero-order valence-electron chi connectivity index (χ0n) is 30.2. The van der Waals surface area contributed by atoms with Crippen molar-refractivity contribution in [3.05, 3.63) is 175 Å². The minimum absolute atomic E-state index is 0.182. The van der Waals surface area contributed by atoms with Crippen molar-refractivity contribution in [2.24, 2.45) is 0 Å². The fourth-order valence-corrected chi connectivity index (χ4v) is 8.57. The van der Waals surface area contributed by atoms with E-state index in [1.54, 1.807) is 6.39 Å². The Morgan fingerprint density at radius 3 is 1.89 bits per heavy atom. The molecule has 1 aliphatic rings. The molecule has 0 atom stereocenters. The Morgan fingerprint density at radius 2 is 1.13 bits per heavy atom. The number of oxazole rings is 1. The molecule has 0 N–H and O–H groups in total. The number of hydrogen-bond donors (Lipinski definition) is 0. The van der Waals surface area contributed by atoms with Gasteiger partial charge in [0.15, 0.2) is 29.4 Å². The molecule has 0 unspecified atom stereocenters. The second-order valence-corrected chi connectivity index (χ2v) is 14.7. The van der Waals surface area contributed by atoms with Crippen LogP contribution in [0.25, 0.3) is 95.0 Å². The van der Waals surface area contributed by atoms with Crippen molar-refractivity contribution in [3.63, 3.8) is 0 Å². The topological polar surface area (TPSA) is 69.6 Å². The van der Waals surface area contributed by atoms with Crippen LogP contribution in [0.1, 0.15) is 25.0 Å². The van der Waals surface area contributed by atoms with E-state index >= 15 is 0 Å². The van der Waals surface area contributed by atoms with E-state index in [0.717, 1.165) is 44.5 Å². The average molecular weight is 708 g/mol. The first-order valence-corrected chi connectivity index (χ1v) is 18.5. The Bertz CT molecular complexity index is 3070. The van der Waals surface area contributed by atoms with Gasteiger partial charge < -0.3 is 8.98 Å². The van der Waals surface area contributed by atoms with Crippen molar-refractivity contribution in [2.75, 3.05) is 0 Å². The SMILES string of the molecule is CC1(C)c2ccc(-c3ccc4c(c3)c3ccccc3n4-c3cccc(-c4nc(-c5ccccc5)nc(-c5ccccc5)n4)c3)cc2-c2ccc3ocnc3c21. The van der Waals surface area contributed by atoms with E-state index in [9.17, 15) is 0 Å². The van der Waals surface area contributed by atoms with Crippen LogP contribution in [0.15, 0.2) is 169 Å². The van der Waals surface area contributed by atoms with Gasteiger partial charge in [-0.3, -0.25) is 0 Å². The zero-order chi connectivity index (χ0) is 36.7. The van der Waals surface area contributed by atoms with E-state index in [1.165, 1.54) is 44.2 Å². The van der Waals surface area contributed by atoms with Crippen LogP contribution < -0.4 is 0 Å². The predicted octanol–water partition coefficient (Wildman–Crippen LogP) is 12.1. The number of benzene rings is 7. The Labute approximate surface area is 317 Å². The summed E-state index contributed by atoms with van der Waals surface area (Å²) in [6, 6.07) is 55.3. The molecule has 0 saturated carbocycles. The first-order valence-electron chi connectivity index (χ1n) is 18.5. The lowest BCUT2D eigenvalue weighted by Crippen LogP contribution is -2.15. The van der Waals surface area contributed by atoms with Gasteiger partial charge in [-0.25, -0.2) is 19.9 Å². The monoisotopic (exact) mass is 707 g/mol. The van der Waals surface area contributed by atoms with Gasteiger partial charge in [-0.2, -0.15) is 0 Å². The molecule has 0 saturated heterocycles. The molecule has 0 radical (unpaired) electrons. The van der Waals surface area contributed by atoms with E-state index in [0.29, 0.717) is 17.5 Å². The first-order chi connectivity index (χ1) is 27.0. The summed E-state index contributed by atoms with van der Waals surface area (Å²) in [5.41, 5.74) is 15.1. The molecule has 0 spiro atoms. The molecule has 0 amide bonds. The maximum absolute atomic E-state index is 5.69. The summed E-state index contributed by atoms with van der Waals surface area (Å²) in [5, 5.41) is 2.39. The summed E-state index contributed by atoms with van der Waals surface area (Å²) >= 11 is 0. The molecule has 7 aromatic carbocycles. The van der Waals surface area contributed by atoms with Crippen molar-refractivity contribution in [1.29, 1.82) is 0 Å². The van der Waals surface area contributed by atoms with Gasteiger partial charge in [-0.1, -0.05) is 129 Å². The maximum Gasteiger partial charge on any atom is 0.181 e. The quantitative estimate of drug-likeness (QED) is 0.178. The third kappa shape index (κ3) is 4.88. The van der Waals surface area contributed by atoms with Crippen LogP contribution >= 0.6 is 0 Å². The van der Waals surface area contributed by atoms with Crippen LogP contribution in [0.2, 0.25) is 0 Å². The van der Waals surface area contributed by atoms with Crippen molar-refractivity contribution in [2.45, 2.75) is 19.3 Å². The van der Waals surface area contributed by atoms with Gasteiger partial charge in [0.1, 0.15) is 5.52 Å². The highest BCUT2D eigenvalue weighted by Crippen LogP contribution is 2.52. The predicted molar refractivity (Wildman–Crippen MR) is 221 cm³/mol. The number of hydrogen-bond acceptors (Lipinski definition) is 5. The minimum atomic E-state index is -0.182. The molecule has 11 rings (SSSR count). The molecule has 6 heteroatoms. The van der Waals surface area contributed by atoms with Gasteiger partial charge >= 0.3 is 0 Å². The lowest BCUT2D eigenvalue weighted by atomic mass is 9.81. The summed E-state index contributed by atoms with van der Waals surface area (Å²) in [6.07, 6.45) is 1.55. The fraction of sp³-hybridized carbons (Fsp3) is 0.0612. The highest BCUT2D eigenvalue weighted by Gasteiger charge is 2.38. The molecule has 1 aliphatic carbocycles. The molecule has 0 aliphatic heterocycles. The Kier molecular flexibility index (Phi) is 6.79. The summed E-state index contributed by atoms with van der Waals surface area (Å²) in [7, 11) is 0. The van der Waals surface area contributed by atoms with E-state index in [2.05, 4.69) is 114 Å². The van der Waals surface area contributed by atoms with Crippen molar-refractivity contribution in [1.82, 2.24) is 24.5 Å². The number of rotatable bonds is 5. The van der Waals surface area contributed by atoms with Crippen molar-refractivity contribution in [3.8, 4) is 62.1 Å². The molecule has 6 nitrogen and oxygen atoms in total. The van der Waals surface area contributed by atoms with Gasteiger partial charge in [0, 0.05) is 38.6 Å². The maximum atomic E-state index is 5.69. The third-order valence-corrected chi connectivity index (χ3v) is 11.2. The summed E-state index contributed by atoms with van der Waals surface area (Å²) in [6.45, 7) is 4.57. The second kappa shape index (κ2) is 11.9. The third-order valence-electron chi connectivity index (χ3n) is 11.2. The Morgan fingerprint density at radius 1 is 0.491 bits per heavy atom. The highest BCUT2D eigenvalue weighted by molar-refractivity contribution is 6.10. The molecule has 0 fully saturated rings. The van der Waals surface area contributed by atoms with Gasteiger partial charge in [0.25, 0.3) is 0 Å². The summed E-state index contributed by atoms with van der Waals surface area (Å²) in [4.78, 5) is 19.5. The van der Waals surface area contributed by atoms with Crippen molar-refractivity contribution < 1.29 is 4.42 Å². The Balaban J connectivity index is 1.04. The molecular weight excluding hydrogens is 675 g/mol. The van der Waals surface area contributed by atoms with Gasteiger partial charge in [0.2, 0.25) is 0 Å². The van der Waals surface area contributed by atoms with Crippen LogP contribution in [-0.4, -0.2) is 24.5 Å². The molecule has 10 aromatic rings. The lowest BCUT2D eigenvalue weighted by molar-refractivity contribution is 0.602. The first kappa shape index (κ1) is 31.4. The molecule has 3 heterocycles. The lowest BCUT2D eigenvalue weighted by Gasteiger charge is -2.21. The smallest absolute Gasteiger partial charge is 0.181 e.